The molecule has 0 atom stereocenters. The molecule has 2 heterocycles. The highest BCUT2D eigenvalue weighted by atomic mass is 14.8. The molecular formula is C18H10N4. The van der Waals surface area contributed by atoms with Gasteiger partial charge in [-0.2, -0.15) is 0 Å². The first-order valence-corrected chi connectivity index (χ1v) is 7.06. The second kappa shape index (κ2) is 4.18. The molecule has 102 valence electrons. The summed E-state index contributed by atoms with van der Waals surface area (Å²) >= 11 is 0. The Bertz CT molecular complexity index is 997. The van der Waals surface area contributed by atoms with Crippen molar-refractivity contribution in [3.63, 3.8) is 0 Å². The average molecular weight is 282 g/mol. The van der Waals surface area contributed by atoms with Crippen molar-refractivity contribution in [3.8, 4) is 0 Å². The monoisotopic (exact) mass is 282 g/mol. The first-order chi connectivity index (χ1) is 10.9. The fourth-order valence-corrected chi connectivity index (χ4v) is 2.92. The molecule has 0 amide bonds. The summed E-state index contributed by atoms with van der Waals surface area (Å²) in [4.78, 5) is 17.5. The maximum atomic E-state index is 4.38. The van der Waals surface area contributed by atoms with Crippen molar-refractivity contribution in [2.45, 2.75) is 0 Å². The van der Waals surface area contributed by atoms with Crippen LogP contribution in [-0.4, -0.2) is 19.9 Å². The summed E-state index contributed by atoms with van der Waals surface area (Å²) in [7, 11) is 0. The van der Waals surface area contributed by atoms with Crippen molar-refractivity contribution in [2.24, 2.45) is 0 Å². The minimum atomic E-state index is 0.912. The zero-order valence-electron chi connectivity index (χ0n) is 11.6. The molecule has 0 saturated carbocycles. The summed E-state index contributed by atoms with van der Waals surface area (Å²) in [6.45, 7) is 0. The molecule has 0 aliphatic rings. The van der Waals surface area contributed by atoms with Crippen LogP contribution in [0.3, 0.4) is 0 Å². The molecule has 2 aromatic heterocycles. The first-order valence-electron chi connectivity index (χ1n) is 7.06. The van der Waals surface area contributed by atoms with E-state index in [0.717, 1.165) is 43.6 Å². The average Bonchev–Trinajstić information content (AvgIpc) is 2.56. The van der Waals surface area contributed by atoms with Crippen LogP contribution in [-0.2, 0) is 0 Å². The normalized spacial score (nSPS) is 11.6. The summed E-state index contributed by atoms with van der Waals surface area (Å²) < 4.78 is 0. The topological polar surface area (TPSA) is 51.6 Å². The number of fused-ring (bicyclic) bond motifs is 4. The Morgan fingerprint density at radius 3 is 0.909 bits per heavy atom. The summed E-state index contributed by atoms with van der Waals surface area (Å²) in [5, 5.41) is 4.62. The lowest BCUT2D eigenvalue weighted by atomic mass is 10.0. The molecule has 0 spiro atoms. The van der Waals surface area contributed by atoms with Crippen LogP contribution in [0.1, 0.15) is 0 Å². The number of hydrogen-bond donors (Lipinski definition) is 0. The quantitative estimate of drug-likeness (QED) is 0.404. The molecule has 0 fully saturated rings. The molecule has 0 saturated heterocycles. The molecule has 3 aromatic carbocycles. The second-order valence-electron chi connectivity index (χ2n) is 5.34. The highest BCUT2D eigenvalue weighted by Crippen LogP contribution is 2.27. The Hall–Kier alpha value is -3.14. The van der Waals surface area contributed by atoms with Crippen LogP contribution >= 0.6 is 0 Å². The predicted octanol–water partition coefficient (Wildman–Crippen LogP) is 3.88. The van der Waals surface area contributed by atoms with Gasteiger partial charge in [-0.1, -0.05) is 0 Å². The Kier molecular flexibility index (Phi) is 2.19. The van der Waals surface area contributed by atoms with Gasteiger partial charge in [0, 0.05) is 24.8 Å². The maximum Gasteiger partial charge on any atom is 0.0893 e. The zero-order chi connectivity index (χ0) is 14.5. The Morgan fingerprint density at radius 2 is 0.636 bits per heavy atom. The highest BCUT2D eigenvalue weighted by molar-refractivity contribution is 6.05. The second-order valence-corrected chi connectivity index (χ2v) is 5.34. The van der Waals surface area contributed by atoms with Crippen LogP contribution in [0, 0.1) is 0 Å². The number of aromatic nitrogens is 4. The third-order valence-corrected chi connectivity index (χ3v) is 3.97. The lowest BCUT2D eigenvalue weighted by molar-refractivity contribution is 1.30. The van der Waals surface area contributed by atoms with Crippen LogP contribution in [0.15, 0.2) is 61.2 Å². The summed E-state index contributed by atoms with van der Waals surface area (Å²) in [6, 6.07) is 12.7. The molecule has 0 bridgehead atoms. The van der Waals surface area contributed by atoms with Gasteiger partial charge in [0.1, 0.15) is 0 Å². The van der Waals surface area contributed by atoms with Gasteiger partial charge in [-0.15, -0.1) is 0 Å². The van der Waals surface area contributed by atoms with Gasteiger partial charge in [-0.05, 0) is 57.9 Å². The van der Waals surface area contributed by atoms with Gasteiger partial charge in [0.05, 0.1) is 22.1 Å². The van der Waals surface area contributed by atoms with Crippen LogP contribution in [0.4, 0.5) is 0 Å². The molecule has 0 aliphatic heterocycles. The van der Waals surface area contributed by atoms with Crippen molar-refractivity contribution < 1.29 is 0 Å². The van der Waals surface area contributed by atoms with Crippen molar-refractivity contribution in [1.29, 1.82) is 0 Å². The molecule has 5 rings (SSSR count). The third kappa shape index (κ3) is 1.64. The molecule has 4 heteroatoms. The summed E-state index contributed by atoms with van der Waals surface area (Å²) in [6.07, 6.45) is 6.88. The van der Waals surface area contributed by atoms with Crippen molar-refractivity contribution in [2.75, 3.05) is 0 Å². The van der Waals surface area contributed by atoms with Crippen LogP contribution < -0.4 is 0 Å². The minimum Gasteiger partial charge on any atom is -0.253 e. The van der Waals surface area contributed by atoms with Gasteiger partial charge in [-0.3, -0.25) is 19.9 Å². The number of hydrogen-bond acceptors (Lipinski definition) is 4. The van der Waals surface area contributed by atoms with E-state index in [-0.39, 0.29) is 0 Å². The molecule has 0 unspecified atom stereocenters. The molecule has 0 N–H and O–H groups in total. The van der Waals surface area contributed by atoms with E-state index in [2.05, 4.69) is 56.3 Å². The molecule has 0 aliphatic carbocycles. The fraction of sp³-hybridized carbons (Fsp3) is 0. The molecule has 0 radical (unpaired) electrons. The van der Waals surface area contributed by atoms with Crippen LogP contribution in [0.5, 0.6) is 0 Å². The van der Waals surface area contributed by atoms with Gasteiger partial charge in [0.25, 0.3) is 0 Å². The van der Waals surface area contributed by atoms with Crippen molar-refractivity contribution >= 4 is 43.6 Å². The molecule has 4 nitrogen and oxygen atoms in total. The lowest BCUT2D eigenvalue weighted by Gasteiger charge is -2.05. The number of rotatable bonds is 0. The van der Waals surface area contributed by atoms with Gasteiger partial charge in [-0.25, -0.2) is 0 Å². The van der Waals surface area contributed by atoms with Crippen molar-refractivity contribution in [1.82, 2.24) is 19.9 Å². The van der Waals surface area contributed by atoms with E-state index in [1.165, 1.54) is 0 Å². The lowest BCUT2D eigenvalue weighted by Crippen LogP contribution is -1.85. The first kappa shape index (κ1) is 11.5. The van der Waals surface area contributed by atoms with E-state index >= 15 is 0 Å². The van der Waals surface area contributed by atoms with Crippen molar-refractivity contribution in [3.05, 3.63) is 61.2 Å². The SMILES string of the molecule is c1cnc2cc3cc4cc5nccnc5cc4cc3cc2n1. The Labute approximate surface area is 125 Å². The van der Waals surface area contributed by atoms with Gasteiger partial charge in [0.15, 0.2) is 0 Å². The fourth-order valence-electron chi connectivity index (χ4n) is 2.92. The highest BCUT2D eigenvalue weighted by Gasteiger charge is 2.04. The molecule has 22 heavy (non-hydrogen) atoms. The van der Waals surface area contributed by atoms with E-state index in [4.69, 9.17) is 0 Å². The van der Waals surface area contributed by atoms with E-state index in [1.807, 2.05) is 0 Å². The van der Waals surface area contributed by atoms with Gasteiger partial charge >= 0.3 is 0 Å². The smallest absolute Gasteiger partial charge is 0.0893 e. The largest absolute Gasteiger partial charge is 0.253 e. The Morgan fingerprint density at radius 1 is 0.364 bits per heavy atom. The zero-order valence-corrected chi connectivity index (χ0v) is 11.6. The van der Waals surface area contributed by atoms with Gasteiger partial charge < -0.3 is 0 Å². The summed E-state index contributed by atoms with van der Waals surface area (Å²) in [5.74, 6) is 0. The van der Waals surface area contributed by atoms with E-state index in [1.54, 1.807) is 24.8 Å². The van der Waals surface area contributed by atoms with E-state index < -0.39 is 0 Å². The standard InChI is InChI=1S/C18H10N4/c1-2-20-16-8-12-6-14-10-18-17(21-3-4-22-18)9-13(14)5-11(12)7-15(16)19-1/h1-10H. The number of nitrogens with zero attached hydrogens (tertiary/aromatic N) is 4. The maximum absolute atomic E-state index is 4.38. The molecular weight excluding hydrogens is 272 g/mol. The summed E-state index contributed by atoms with van der Waals surface area (Å²) in [5.41, 5.74) is 3.65. The minimum absolute atomic E-state index is 0.912. The van der Waals surface area contributed by atoms with Crippen LogP contribution in [0.2, 0.25) is 0 Å². The van der Waals surface area contributed by atoms with E-state index in [0.29, 0.717) is 0 Å². The Balaban J connectivity index is 1.93. The third-order valence-electron chi connectivity index (χ3n) is 3.97. The van der Waals surface area contributed by atoms with Crippen LogP contribution in [0.25, 0.3) is 43.6 Å². The van der Waals surface area contributed by atoms with E-state index in [9.17, 15) is 0 Å². The number of benzene rings is 3. The molecule has 5 aromatic rings. The predicted molar refractivity (Wildman–Crippen MR) is 87.6 cm³/mol. The van der Waals surface area contributed by atoms with Gasteiger partial charge in [0.2, 0.25) is 0 Å².